The minimum Gasteiger partial charge on any atom is -0.507 e. The Hall–Kier alpha value is -3.56. The topological polar surface area (TPSA) is 96.8 Å². The van der Waals surface area contributed by atoms with Gasteiger partial charge in [-0.2, -0.15) is 0 Å². The molecule has 1 atom stereocenters. The van der Waals surface area contributed by atoms with Crippen molar-refractivity contribution in [2.24, 2.45) is 0 Å². The van der Waals surface area contributed by atoms with Gasteiger partial charge in [0.15, 0.2) is 5.13 Å². The second kappa shape index (κ2) is 9.59. The first kappa shape index (κ1) is 24.6. The second-order valence-electron chi connectivity index (χ2n) is 7.82. The number of rotatable bonds is 5. The average Bonchev–Trinajstić information content (AvgIpc) is 3.33. The maximum Gasteiger partial charge on any atom is 0.350 e. The number of esters is 1. The van der Waals surface area contributed by atoms with Crippen LogP contribution < -0.4 is 4.90 Å². The van der Waals surface area contributed by atoms with Crippen molar-refractivity contribution in [2.45, 2.75) is 26.8 Å². The van der Waals surface area contributed by atoms with Crippen LogP contribution in [0.4, 0.5) is 9.52 Å². The highest BCUT2D eigenvalue weighted by Crippen LogP contribution is 2.44. The van der Waals surface area contributed by atoms with E-state index in [-0.39, 0.29) is 27.8 Å². The number of ether oxygens (including phenoxy) is 1. The van der Waals surface area contributed by atoms with Crippen LogP contribution in [0.15, 0.2) is 48.0 Å². The third-order valence-corrected chi connectivity index (χ3v) is 6.92. The lowest BCUT2D eigenvalue weighted by atomic mass is 9.95. The van der Waals surface area contributed by atoms with E-state index in [1.165, 1.54) is 12.1 Å². The average molecular weight is 515 g/mol. The molecule has 0 unspecified atom stereocenters. The van der Waals surface area contributed by atoms with Gasteiger partial charge in [-0.1, -0.05) is 47.2 Å². The Bertz CT molecular complexity index is 1380. The van der Waals surface area contributed by atoms with Crippen LogP contribution in [0.25, 0.3) is 5.76 Å². The third-order valence-electron chi connectivity index (χ3n) is 5.53. The summed E-state index contributed by atoms with van der Waals surface area (Å²) in [5.41, 5.74) is 0.980. The zero-order valence-corrected chi connectivity index (χ0v) is 20.5. The SMILES string of the molecule is CCOC(=O)c1sc(N2C(=O)C(=O)C(=C(O)c3ccc(C)c(F)c3)[C@H]2c2ccc(Cl)cc2)nc1C. The predicted molar refractivity (Wildman–Crippen MR) is 130 cm³/mol. The first-order valence-corrected chi connectivity index (χ1v) is 11.8. The molecule has 180 valence electrons. The van der Waals surface area contributed by atoms with Gasteiger partial charge in [0.2, 0.25) is 0 Å². The summed E-state index contributed by atoms with van der Waals surface area (Å²) < 4.78 is 19.3. The van der Waals surface area contributed by atoms with Gasteiger partial charge in [0.1, 0.15) is 16.5 Å². The highest BCUT2D eigenvalue weighted by molar-refractivity contribution is 7.17. The molecule has 0 saturated carbocycles. The van der Waals surface area contributed by atoms with Gasteiger partial charge in [0, 0.05) is 10.6 Å². The highest BCUT2D eigenvalue weighted by Gasteiger charge is 2.48. The molecular formula is C25H20ClFN2O5S. The van der Waals surface area contributed by atoms with E-state index < -0.39 is 35.3 Å². The van der Waals surface area contributed by atoms with Crippen molar-refractivity contribution in [1.82, 2.24) is 4.98 Å². The summed E-state index contributed by atoms with van der Waals surface area (Å²) in [6, 6.07) is 9.34. The Morgan fingerprint density at radius 1 is 1.20 bits per heavy atom. The van der Waals surface area contributed by atoms with E-state index >= 15 is 0 Å². The lowest BCUT2D eigenvalue weighted by molar-refractivity contribution is -0.132. The number of hydrogen-bond acceptors (Lipinski definition) is 7. The number of nitrogens with zero attached hydrogens (tertiary/aromatic N) is 2. The largest absolute Gasteiger partial charge is 0.507 e. The molecule has 10 heteroatoms. The number of benzene rings is 2. The molecule has 0 aliphatic carbocycles. The van der Waals surface area contributed by atoms with E-state index in [0.717, 1.165) is 22.3 Å². The van der Waals surface area contributed by atoms with E-state index in [4.69, 9.17) is 16.3 Å². The molecule has 4 rings (SSSR count). The maximum absolute atomic E-state index is 14.2. The quantitative estimate of drug-likeness (QED) is 0.213. The molecule has 1 saturated heterocycles. The molecule has 7 nitrogen and oxygen atoms in total. The number of aryl methyl sites for hydroxylation is 2. The van der Waals surface area contributed by atoms with Crippen molar-refractivity contribution in [3.05, 3.63) is 86.1 Å². The van der Waals surface area contributed by atoms with Gasteiger partial charge in [0.25, 0.3) is 5.78 Å². The van der Waals surface area contributed by atoms with Crippen LogP contribution in [0.2, 0.25) is 5.02 Å². The van der Waals surface area contributed by atoms with Crippen LogP contribution in [0.5, 0.6) is 0 Å². The number of carbonyl (C=O) groups is 3. The summed E-state index contributed by atoms with van der Waals surface area (Å²) in [5, 5.41) is 11.6. The first-order valence-electron chi connectivity index (χ1n) is 10.6. The fourth-order valence-corrected chi connectivity index (χ4v) is 4.87. The van der Waals surface area contributed by atoms with E-state index in [9.17, 15) is 23.9 Å². The minimum absolute atomic E-state index is 0.0487. The lowest BCUT2D eigenvalue weighted by Gasteiger charge is -2.23. The van der Waals surface area contributed by atoms with Gasteiger partial charge in [-0.05, 0) is 50.1 Å². The number of aromatic nitrogens is 1. The minimum atomic E-state index is -1.09. The van der Waals surface area contributed by atoms with Crippen molar-refractivity contribution >= 4 is 51.5 Å². The van der Waals surface area contributed by atoms with Crippen LogP contribution in [-0.2, 0) is 14.3 Å². The van der Waals surface area contributed by atoms with E-state index in [2.05, 4.69) is 4.98 Å². The molecule has 1 aliphatic heterocycles. The summed E-state index contributed by atoms with van der Waals surface area (Å²) in [6.45, 7) is 4.99. The number of anilines is 1. The first-order chi connectivity index (χ1) is 16.6. The zero-order valence-electron chi connectivity index (χ0n) is 19.0. The lowest BCUT2D eigenvalue weighted by Crippen LogP contribution is -2.29. The summed E-state index contributed by atoms with van der Waals surface area (Å²) >= 11 is 6.94. The van der Waals surface area contributed by atoms with Crippen molar-refractivity contribution in [3.63, 3.8) is 0 Å². The third kappa shape index (κ3) is 4.44. The van der Waals surface area contributed by atoms with Gasteiger partial charge in [-0.25, -0.2) is 14.2 Å². The molecule has 1 aromatic heterocycles. The molecule has 1 aliphatic rings. The maximum atomic E-state index is 14.2. The molecular weight excluding hydrogens is 495 g/mol. The molecule has 1 amide bonds. The Morgan fingerprint density at radius 3 is 2.51 bits per heavy atom. The van der Waals surface area contributed by atoms with E-state index in [0.29, 0.717) is 21.8 Å². The normalized spacial score (nSPS) is 17.2. The fraction of sp³-hybridized carbons (Fsp3) is 0.200. The van der Waals surface area contributed by atoms with Crippen LogP contribution in [0.3, 0.4) is 0 Å². The van der Waals surface area contributed by atoms with Gasteiger partial charge in [-0.3, -0.25) is 14.5 Å². The van der Waals surface area contributed by atoms with Gasteiger partial charge in [-0.15, -0.1) is 0 Å². The molecule has 0 bridgehead atoms. The number of ketones is 1. The van der Waals surface area contributed by atoms with Crippen LogP contribution >= 0.6 is 22.9 Å². The summed E-state index contributed by atoms with van der Waals surface area (Å²) in [7, 11) is 0. The number of hydrogen-bond donors (Lipinski definition) is 1. The molecule has 0 radical (unpaired) electrons. The van der Waals surface area contributed by atoms with Crippen molar-refractivity contribution in [2.75, 3.05) is 11.5 Å². The fourth-order valence-electron chi connectivity index (χ4n) is 3.76. The number of Topliss-reactive ketones (excluding diaryl/α,β-unsaturated/α-hetero) is 1. The smallest absolute Gasteiger partial charge is 0.350 e. The van der Waals surface area contributed by atoms with Gasteiger partial charge >= 0.3 is 11.9 Å². The summed E-state index contributed by atoms with van der Waals surface area (Å²) in [6.07, 6.45) is 0. The van der Waals surface area contributed by atoms with Crippen LogP contribution in [0, 0.1) is 19.7 Å². The Kier molecular flexibility index (Phi) is 6.73. The number of carbonyl (C=O) groups excluding carboxylic acids is 3. The van der Waals surface area contributed by atoms with Crippen LogP contribution in [0.1, 0.15) is 45.0 Å². The summed E-state index contributed by atoms with van der Waals surface area (Å²) in [4.78, 5) is 44.4. The van der Waals surface area contributed by atoms with Crippen LogP contribution in [-0.4, -0.2) is 34.4 Å². The van der Waals surface area contributed by atoms with Gasteiger partial charge < -0.3 is 9.84 Å². The van der Waals surface area contributed by atoms with Crippen molar-refractivity contribution in [3.8, 4) is 0 Å². The molecule has 2 aromatic carbocycles. The number of thiazole rings is 1. The standard InChI is InChI=1S/C25H20ClFN2O5S/c1-4-34-24(33)22-13(3)28-25(35-22)29-19(14-7-9-16(26)10-8-14)18(21(31)23(29)32)20(30)15-6-5-12(2)17(27)11-15/h5-11,19,30H,4H2,1-3H3/t19-/m1/s1. The predicted octanol–water partition coefficient (Wildman–Crippen LogP) is 5.36. The van der Waals surface area contributed by atoms with E-state index in [1.54, 1.807) is 45.0 Å². The molecule has 1 N–H and O–H groups in total. The monoisotopic (exact) mass is 514 g/mol. The number of halogens is 2. The van der Waals surface area contributed by atoms with Gasteiger partial charge in [0.05, 0.1) is 23.9 Å². The zero-order chi connectivity index (χ0) is 25.4. The molecule has 3 aromatic rings. The van der Waals surface area contributed by atoms with Crippen molar-refractivity contribution < 1.29 is 28.6 Å². The Morgan fingerprint density at radius 2 is 1.89 bits per heavy atom. The summed E-state index contributed by atoms with van der Waals surface area (Å²) in [5.74, 6) is -3.59. The second-order valence-corrected chi connectivity index (χ2v) is 9.23. The van der Waals surface area contributed by atoms with Crippen molar-refractivity contribution in [1.29, 1.82) is 0 Å². The number of amides is 1. The molecule has 1 fully saturated rings. The Balaban J connectivity index is 1.92. The molecule has 0 spiro atoms. The highest BCUT2D eigenvalue weighted by atomic mass is 35.5. The molecule has 35 heavy (non-hydrogen) atoms. The van der Waals surface area contributed by atoms with E-state index in [1.807, 2.05) is 0 Å². The molecule has 2 heterocycles. The number of aliphatic hydroxyl groups is 1. The Labute approximate surface area is 209 Å². The number of aliphatic hydroxyl groups excluding tert-OH is 1.